The lowest BCUT2D eigenvalue weighted by Gasteiger charge is -2.13. The van der Waals surface area contributed by atoms with Gasteiger partial charge >= 0.3 is 0 Å². The summed E-state index contributed by atoms with van der Waals surface area (Å²) < 4.78 is 22.2. The Labute approximate surface area is 116 Å². The van der Waals surface area contributed by atoms with Crippen LogP contribution in [0.5, 0.6) is 0 Å². The zero-order chi connectivity index (χ0) is 14.3. The predicted molar refractivity (Wildman–Crippen MR) is 74.9 cm³/mol. The first-order chi connectivity index (χ1) is 8.75. The molecule has 1 aromatic carbocycles. The molecule has 19 heavy (non-hydrogen) atoms. The van der Waals surface area contributed by atoms with Gasteiger partial charge in [0.1, 0.15) is 0 Å². The van der Waals surface area contributed by atoms with Crippen LogP contribution < -0.4 is 16.2 Å². The quantitative estimate of drug-likeness (QED) is 0.693. The number of hydrogen-bond acceptors (Lipinski definition) is 4. The van der Waals surface area contributed by atoms with Crippen LogP contribution in [0, 0.1) is 5.41 Å². The smallest absolute Gasteiger partial charge is 0.238 e. The van der Waals surface area contributed by atoms with Crippen LogP contribution in [0.2, 0.25) is 0 Å². The van der Waals surface area contributed by atoms with E-state index in [9.17, 15) is 13.2 Å². The van der Waals surface area contributed by atoms with Crippen molar-refractivity contribution in [1.29, 1.82) is 0 Å². The van der Waals surface area contributed by atoms with Crippen molar-refractivity contribution in [2.75, 3.05) is 5.32 Å². The first-order valence-electron chi connectivity index (χ1n) is 5.50. The van der Waals surface area contributed by atoms with Crippen molar-refractivity contribution in [2.45, 2.75) is 17.7 Å². The van der Waals surface area contributed by atoms with E-state index in [0.717, 1.165) is 0 Å². The number of primary sulfonamides is 1. The average molecular weight is 299 g/mol. The minimum Gasteiger partial charge on any atom is -0.392 e. The van der Waals surface area contributed by atoms with Gasteiger partial charge in [-0.1, -0.05) is 12.2 Å². The molecule has 0 aliphatic heterocycles. The normalized spacial score (nSPS) is 16.7. The minimum atomic E-state index is -3.73. The van der Waals surface area contributed by atoms with Crippen LogP contribution in [0.1, 0.15) is 12.8 Å². The number of hydrogen-bond donors (Lipinski definition) is 3. The van der Waals surface area contributed by atoms with E-state index in [1.54, 1.807) is 0 Å². The molecule has 0 unspecified atom stereocenters. The van der Waals surface area contributed by atoms with E-state index in [0.29, 0.717) is 18.5 Å². The van der Waals surface area contributed by atoms with Crippen LogP contribution in [0.4, 0.5) is 5.69 Å². The molecule has 102 valence electrons. The highest BCUT2D eigenvalue weighted by Gasteiger charge is 2.52. The number of anilines is 1. The van der Waals surface area contributed by atoms with E-state index < -0.39 is 15.4 Å². The second kappa shape index (κ2) is 4.55. The number of rotatable bonds is 4. The predicted octanol–water partition coefficient (Wildman–Crippen LogP) is 0.339. The Balaban J connectivity index is 2.13. The first kappa shape index (κ1) is 13.9. The number of benzene rings is 1. The molecule has 5 N–H and O–H groups in total. The minimum absolute atomic E-state index is 0.0130. The van der Waals surface area contributed by atoms with Gasteiger partial charge in [0.2, 0.25) is 15.9 Å². The molecule has 1 aliphatic carbocycles. The molecule has 1 saturated carbocycles. The molecule has 0 radical (unpaired) electrons. The second-order valence-corrected chi connectivity index (χ2v) is 6.47. The van der Waals surface area contributed by atoms with Crippen molar-refractivity contribution in [3.05, 3.63) is 24.3 Å². The molecule has 6 nitrogen and oxygen atoms in total. The molecule has 1 aromatic rings. The van der Waals surface area contributed by atoms with Crippen LogP contribution in [-0.4, -0.2) is 19.3 Å². The summed E-state index contributed by atoms with van der Waals surface area (Å²) in [5, 5.41) is 7.64. The third-order valence-electron chi connectivity index (χ3n) is 3.10. The Morgan fingerprint density at radius 1 is 1.26 bits per heavy atom. The summed E-state index contributed by atoms with van der Waals surface area (Å²) in [7, 11) is -3.73. The van der Waals surface area contributed by atoms with Crippen molar-refractivity contribution in [3.63, 3.8) is 0 Å². The van der Waals surface area contributed by atoms with Crippen molar-refractivity contribution in [3.8, 4) is 0 Å². The van der Waals surface area contributed by atoms with Crippen LogP contribution in [0.3, 0.4) is 0 Å². The fourth-order valence-electron chi connectivity index (χ4n) is 1.69. The highest BCUT2D eigenvalue weighted by Crippen LogP contribution is 2.46. The van der Waals surface area contributed by atoms with Gasteiger partial charge in [-0.15, -0.1) is 0 Å². The molecule has 0 saturated heterocycles. The van der Waals surface area contributed by atoms with E-state index in [2.05, 4.69) is 5.32 Å². The summed E-state index contributed by atoms with van der Waals surface area (Å²) in [6.07, 6.45) is 1.28. The lowest BCUT2D eigenvalue weighted by molar-refractivity contribution is -0.118. The third kappa shape index (κ3) is 2.75. The summed E-state index contributed by atoms with van der Waals surface area (Å²) in [4.78, 5) is 12.2. The Bertz CT molecular complexity index is 634. The summed E-state index contributed by atoms with van der Waals surface area (Å²) >= 11 is 4.88. The molecular formula is C11H13N3O3S2. The van der Waals surface area contributed by atoms with Crippen molar-refractivity contribution >= 4 is 38.8 Å². The number of thiocarbonyl (C=S) groups is 1. The Morgan fingerprint density at radius 3 is 2.16 bits per heavy atom. The molecule has 0 bridgehead atoms. The molecule has 8 heteroatoms. The van der Waals surface area contributed by atoms with Crippen LogP contribution in [0.15, 0.2) is 29.2 Å². The maximum atomic E-state index is 12.0. The van der Waals surface area contributed by atoms with Gasteiger partial charge < -0.3 is 11.1 Å². The van der Waals surface area contributed by atoms with Crippen molar-refractivity contribution < 1.29 is 13.2 Å². The fourth-order valence-corrected chi connectivity index (χ4v) is 2.50. The van der Waals surface area contributed by atoms with Gasteiger partial charge in [-0.2, -0.15) is 0 Å². The SMILES string of the molecule is NC(=S)C1(C(=O)Nc2ccc(S(N)(=O)=O)cc2)CC1. The zero-order valence-electron chi connectivity index (χ0n) is 9.92. The topological polar surface area (TPSA) is 115 Å². The van der Waals surface area contributed by atoms with Gasteiger partial charge in [0, 0.05) is 5.69 Å². The molecule has 2 rings (SSSR count). The van der Waals surface area contributed by atoms with Gasteiger partial charge in [0.15, 0.2) is 0 Å². The molecule has 1 amide bonds. The maximum absolute atomic E-state index is 12.0. The monoisotopic (exact) mass is 299 g/mol. The molecule has 1 fully saturated rings. The Morgan fingerprint density at radius 2 is 1.79 bits per heavy atom. The first-order valence-corrected chi connectivity index (χ1v) is 7.45. The highest BCUT2D eigenvalue weighted by atomic mass is 32.2. The number of sulfonamides is 1. The number of carbonyl (C=O) groups is 1. The fraction of sp³-hybridized carbons (Fsp3) is 0.273. The highest BCUT2D eigenvalue weighted by molar-refractivity contribution is 7.89. The van der Waals surface area contributed by atoms with Gasteiger partial charge in [-0.05, 0) is 37.1 Å². The summed E-state index contributed by atoms with van der Waals surface area (Å²) in [5.41, 5.74) is 5.27. The van der Waals surface area contributed by atoms with Gasteiger partial charge in [0.05, 0.1) is 15.3 Å². The maximum Gasteiger partial charge on any atom is 0.238 e. The van der Waals surface area contributed by atoms with E-state index >= 15 is 0 Å². The van der Waals surface area contributed by atoms with E-state index in [1.807, 2.05) is 0 Å². The van der Waals surface area contributed by atoms with Crippen LogP contribution >= 0.6 is 12.2 Å². The lowest BCUT2D eigenvalue weighted by atomic mass is 10.1. The van der Waals surface area contributed by atoms with Crippen LogP contribution in [0.25, 0.3) is 0 Å². The molecule has 1 aliphatic rings. The standard InChI is InChI=1S/C11H13N3O3S2/c12-9(18)11(5-6-11)10(15)14-7-1-3-8(4-2-7)19(13,16)17/h1-4H,5-6H2,(H2,12,18)(H,14,15)(H2,13,16,17). The number of carbonyl (C=O) groups excluding carboxylic acids is 1. The van der Waals surface area contributed by atoms with E-state index in [4.69, 9.17) is 23.1 Å². The molecule has 0 spiro atoms. The lowest BCUT2D eigenvalue weighted by Crippen LogP contribution is -2.35. The zero-order valence-corrected chi connectivity index (χ0v) is 11.6. The van der Waals surface area contributed by atoms with Gasteiger partial charge in [0.25, 0.3) is 0 Å². The van der Waals surface area contributed by atoms with Gasteiger partial charge in [-0.25, -0.2) is 13.6 Å². The summed E-state index contributed by atoms with van der Waals surface area (Å²) in [5.74, 6) is -0.261. The largest absolute Gasteiger partial charge is 0.392 e. The van der Waals surface area contributed by atoms with Crippen LogP contribution in [-0.2, 0) is 14.8 Å². The average Bonchev–Trinajstić information content (AvgIpc) is 3.09. The molecule has 0 heterocycles. The Hall–Kier alpha value is -1.51. The number of nitrogens with two attached hydrogens (primary N) is 2. The number of nitrogens with one attached hydrogen (secondary N) is 1. The van der Waals surface area contributed by atoms with E-state index in [1.165, 1.54) is 24.3 Å². The van der Waals surface area contributed by atoms with Gasteiger partial charge in [-0.3, -0.25) is 4.79 Å². The van der Waals surface area contributed by atoms with Crippen molar-refractivity contribution in [1.82, 2.24) is 0 Å². The summed E-state index contributed by atoms with van der Waals surface area (Å²) in [6.45, 7) is 0. The second-order valence-electron chi connectivity index (χ2n) is 4.47. The molecule has 0 aromatic heterocycles. The van der Waals surface area contributed by atoms with Crippen molar-refractivity contribution in [2.24, 2.45) is 16.3 Å². The van der Waals surface area contributed by atoms with E-state index in [-0.39, 0.29) is 15.8 Å². The summed E-state index contributed by atoms with van der Waals surface area (Å²) in [6, 6.07) is 5.58. The number of amides is 1. The third-order valence-corrected chi connectivity index (χ3v) is 4.42. The Kier molecular flexibility index (Phi) is 3.33. The molecular weight excluding hydrogens is 286 g/mol. The molecule has 0 atom stereocenters.